The number of nitrogens with zero attached hydrogens (tertiary/aromatic N) is 3. The van der Waals surface area contributed by atoms with E-state index in [1.807, 2.05) is 17.8 Å². The van der Waals surface area contributed by atoms with Gasteiger partial charge in [0.25, 0.3) is 0 Å². The molecule has 0 spiro atoms. The Morgan fingerprint density at radius 2 is 1.86 bits per heavy atom. The van der Waals surface area contributed by atoms with Crippen LogP contribution in [0.1, 0.15) is 58.3 Å². The summed E-state index contributed by atoms with van der Waals surface area (Å²) in [5.74, 6) is 0. The van der Waals surface area contributed by atoms with Crippen molar-refractivity contribution in [2.45, 2.75) is 64.8 Å². The van der Waals surface area contributed by atoms with E-state index in [1.54, 1.807) is 17.4 Å². The Bertz CT molecular complexity index is 378. The normalized spacial score (nSPS) is 10.6. The van der Waals surface area contributed by atoms with Crippen LogP contribution in [0.2, 0.25) is 0 Å². The molecule has 1 heterocycles. The summed E-state index contributed by atoms with van der Waals surface area (Å²) < 4.78 is 2.02. The number of aryl methyl sites for hydroxylation is 1. The Morgan fingerprint density at radius 3 is 2.55 bits per heavy atom. The molecule has 0 bridgehead atoms. The number of hydrogen-bond acceptors (Lipinski definition) is 2. The molecule has 2 amide bonds. The summed E-state index contributed by atoms with van der Waals surface area (Å²) in [6.45, 7) is 4.68. The van der Waals surface area contributed by atoms with Gasteiger partial charge in [0.05, 0.1) is 6.33 Å². The van der Waals surface area contributed by atoms with Crippen molar-refractivity contribution in [2.75, 3.05) is 20.1 Å². The Labute approximate surface area is 135 Å². The first-order chi connectivity index (χ1) is 10.7. The average molecular weight is 308 g/mol. The van der Waals surface area contributed by atoms with Crippen LogP contribution in [0.25, 0.3) is 0 Å². The van der Waals surface area contributed by atoms with Crippen LogP contribution in [-0.2, 0) is 6.54 Å². The quantitative estimate of drug-likeness (QED) is 0.599. The molecule has 5 nitrogen and oxygen atoms in total. The smallest absolute Gasteiger partial charge is 0.317 e. The van der Waals surface area contributed by atoms with Crippen molar-refractivity contribution >= 4 is 6.03 Å². The van der Waals surface area contributed by atoms with Crippen molar-refractivity contribution in [1.29, 1.82) is 0 Å². The zero-order valence-electron chi connectivity index (χ0n) is 14.3. The zero-order valence-corrected chi connectivity index (χ0v) is 14.3. The van der Waals surface area contributed by atoms with E-state index < -0.39 is 0 Å². The minimum Gasteiger partial charge on any atom is -0.338 e. The van der Waals surface area contributed by atoms with Crippen LogP contribution in [0.15, 0.2) is 18.7 Å². The molecule has 0 aromatic carbocycles. The molecular formula is C17H32N4O. The number of amides is 2. The van der Waals surface area contributed by atoms with Crippen molar-refractivity contribution in [3.63, 3.8) is 0 Å². The van der Waals surface area contributed by atoms with Gasteiger partial charge in [-0.15, -0.1) is 0 Å². The minimum atomic E-state index is 0.0385. The summed E-state index contributed by atoms with van der Waals surface area (Å²) in [5, 5.41) is 2.97. The summed E-state index contributed by atoms with van der Waals surface area (Å²) in [7, 11) is 1.88. The van der Waals surface area contributed by atoms with Crippen molar-refractivity contribution < 1.29 is 4.79 Å². The first kappa shape index (κ1) is 18.5. The molecule has 22 heavy (non-hydrogen) atoms. The number of aromatic nitrogens is 2. The topological polar surface area (TPSA) is 50.2 Å². The van der Waals surface area contributed by atoms with E-state index in [1.165, 1.54) is 38.5 Å². The first-order valence-corrected chi connectivity index (χ1v) is 8.68. The third-order valence-electron chi connectivity index (χ3n) is 3.87. The Morgan fingerprint density at radius 1 is 1.14 bits per heavy atom. The van der Waals surface area contributed by atoms with E-state index in [0.717, 1.165) is 25.9 Å². The Hall–Kier alpha value is -1.52. The number of hydrogen-bond donors (Lipinski definition) is 1. The van der Waals surface area contributed by atoms with Crippen LogP contribution in [0, 0.1) is 0 Å². The third-order valence-corrected chi connectivity index (χ3v) is 3.87. The molecule has 0 unspecified atom stereocenters. The number of rotatable bonds is 12. The average Bonchev–Trinajstić information content (AvgIpc) is 3.03. The molecule has 126 valence electrons. The molecule has 1 aromatic heterocycles. The summed E-state index contributed by atoms with van der Waals surface area (Å²) in [4.78, 5) is 17.7. The van der Waals surface area contributed by atoms with Gasteiger partial charge >= 0.3 is 6.03 Å². The largest absolute Gasteiger partial charge is 0.338 e. The monoisotopic (exact) mass is 308 g/mol. The number of imidazole rings is 1. The lowest BCUT2D eigenvalue weighted by atomic mass is 10.1. The zero-order chi connectivity index (χ0) is 16.0. The molecule has 0 saturated heterocycles. The predicted octanol–water partition coefficient (Wildman–Crippen LogP) is 3.67. The van der Waals surface area contributed by atoms with Gasteiger partial charge in [-0.25, -0.2) is 9.78 Å². The van der Waals surface area contributed by atoms with E-state index in [4.69, 9.17) is 0 Å². The molecule has 0 radical (unpaired) electrons. The minimum absolute atomic E-state index is 0.0385. The van der Waals surface area contributed by atoms with Crippen LogP contribution in [-0.4, -0.2) is 40.6 Å². The van der Waals surface area contributed by atoms with E-state index in [0.29, 0.717) is 6.54 Å². The van der Waals surface area contributed by atoms with Gasteiger partial charge in [-0.1, -0.05) is 45.4 Å². The van der Waals surface area contributed by atoms with Gasteiger partial charge in [-0.3, -0.25) is 0 Å². The summed E-state index contributed by atoms with van der Waals surface area (Å²) in [6, 6.07) is 0.0385. The lowest BCUT2D eigenvalue weighted by Crippen LogP contribution is -2.38. The van der Waals surface area contributed by atoms with Gasteiger partial charge in [0, 0.05) is 39.1 Å². The number of nitrogens with one attached hydrogen (secondary N) is 1. The van der Waals surface area contributed by atoms with Gasteiger partial charge in [0.2, 0.25) is 0 Å². The van der Waals surface area contributed by atoms with Crippen molar-refractivity contribution in [1.82, 2.24) is 19.8 Å². The highest BCUT2D eigenvalue weighted by molar-refractivity contribution is 5.73. The highest BCUT2D eigenvalue weighted by atomic mass is 16.2. The summed E-state index contributed by atoms with van der Waals surface area (Å²) in [5.41, 5.74) is 0. The molecule has 0 fully saturated rings. The van der Waals surface area contributed by atoms with Crippen molar-refractivity contribution in [2.24, 2.45) is 0 Å². The number of carbonyl (C=O) groups excluding carboxylic acids is 1. The predicted molar refractivity (Wildman–Crippen MR) is 90.9 cm³/mol. The highest BCUT2D eigenvalue weighted by Crippen LogP contribution is 2.07. The first-order valence-electron chi connectivity index (χ1n) is 8.68. The lowest BCUT2D eigenvalue weighted by molar-refractivity contribution is 0.207. The molecule has 0 aliphatic rings. The fourth-order valence-corrected chi connectivity index (χ4v) is 2.42. The lowest BCUT2D eigenvalue weighted by Gasteiger charge is -2.18. The molecule has 0 atom stereocenters. The number of unbranched alkanes of at least 4 members (excludes halogenated alkanes) is 6. The second kappa shape index (κ2) is 12.1. The van der Waals surface area contributed by atoms with Gasteiger partial charge in [-0.05, 0) is 12.8 Å². The van der Waals surface area contributed by atoms with Crippen LogP contribution >= 0.6 is 0 Å². The molecule has 0 saturated carbocycles. The van der Waals surface area contributed by atoms with Crippen LogP contribution < -0.4 is 5.32 Å². The SMILES string of the molecule is CCCCCCCCCN(C)C(=O)NCCCn1ccnc1. The molecule has 1 aromatic rings. The third kappa shape index (κ3) is 8.70. The number of carbonyl (C=O) groups is 1. The maximum atomic E-state index is 11.9. The van der Waals surface area contributed by atoms with E-state index in [9.17, 15) is 4.79 Å². The van der Waals surface area contributed by atoms with Crippen molar-refractivity contribution in [3.8, 4) is 0 Å². The summed E-state index contributed by atoms with van der Waals surface area (Å²) in [6.07, 6.45) is 15.4. The molecule has 1 N–H and O–H groups in total. The van der Waals surface area contributed by atoms with Crippen LogP contribution in [0.5, 0.6) is 0 Å². The summed E-state index contributed by atoms with van der Waals surface area (Å²) >= 11 is 0. The van der Waals surface area contributed by atoms with Crippen molar-refractivity contribution in [3.05, 3.63) is 18.7 Å². The molecule has 0 aliphatic heterocycles. The fraction of sp³-hybridized carbons (Fsp3) is 0.765. The van der Waals surface area contributed by atoms with E-state index >= 15 is 0 Å². The van der Waals surface area contributed by atoms with Gasteiger partial charge in [-0.2, -0.15) is 0 Å². The van der Waals surface area contributed by atoms with Gasteiger partial charge in [0.15, 0.2) is 0 Å². The molecular weight excluding hydrogens is 276 g/mol. The standard InChI is InChI=1S/C17H32N4O/c1-3-4-5-6-7-8-9-13-20(2)17(22)19-11-10-14-21-15-12-18-16-21/h12,15-16H,3-11,13-14H2,1-2H3,(H,19,22). The second-order valence-corrected chi connectivity index (χ2v) is 5.93. The maximum absolute atomic E-state index is 11.9. The van der Waals surface area contributed by atoms with Crippen LogP contribution in [0.3, 0.4) is 0 Å². The molecule has 5 heteroatoms. The fourth-order valence-electron chi connectivity index (χ4n) is 2.42. The van der Waals surface area contributed by atoms with Gasteiger partial charge < -0.3 is 14.8 Å². The van der Waals surface area contributed by atoms with Gasteiger partial charge in [0.1, 0.15) is 0 Å². The second-order valence-electron chi connectivity index (χ2n) is 5.93. The Balaban J connectivity index is 1.95. The Kier molecular flexibility index (Phi) is 10.2. The maximum Gasteiger partial charge on any atom is 0.317 e. The van der Waals surface area contributed by atoms with E-state index in [-0.39, 0.29) is 6.03 Å². The van der Waals surface area contributed by atoms with E-state index in [2.05, 4.69) is 17.2 Å². The molecule has 0 aliphatic carbocycles. The highest BCUT2D eigenvalue weighted by Gasteiger charge is 2.06. The number of urea groups is 1. The van der Waals surface area contributed by atoms with Crippen LogP contribution in [0.4, 0.5) is 4.79 Å². The molecule has 1 rings (SSSR count).